The van der Waals surface area contributed by atoms with Gasteiger partial charge in [0.15, 0.2) is 0 Å². The lowest BCUT2D eigenvalue weighted by Crippen LogP contribution is -1.95. The molecule has 2 rings (SSSR count). The van der Waals surface area contributed by atoms with Crippen LogP contribution in [0.2, 0.25) is 0 Å². The molecule has 0 bridgehead atoms. The minimum Gasteiger partial charge on any atom is -0.497 e. The topological polar surface area (TPSA) is 46.5 Å². The second-order valence-electron chi connectivity index (χ2n) is 3.85. The molecule has 0 radical (unpaired) electrons. The third-order valence-corrected chi connectivity index (χ3v) is 2.84. The SMILES string of the molecule is COc1ccc2c(c1)C(CCC(=O)O)=CC2. The van der Waals surface area contributed by atoms with E-state index in [2.05, 4.69) is 6.08 Å². The first kappa shape index (κ1) is 10.7. The summed E-state index contributed by atoms with van der Waals surface area (Å²) in [5.74, 6) is 0.0686. The summed E-state index contributed by atoms with van der Waals surface area (Å²) in [6.45, 7) is 0. The maximum absolute atomic E-state index is 10.5. The van der Waals surface area contributed by atoms with E-state index in [-0.39, 0.29) is 6.42 Å². The number of hydrogen-bond donors (Lipinski definition) is 1. The normalized spacial score (nSPS) is 13.2. The predicted molar refractivity (Wildman–Crippen MR) is 61.5 cm³/mol. The Labute approximate surface area is 94.4 Å². The Morgan fingerprint density at radius 1 is 1.50 bits per heavy atom. The smallest absolute Gasteiger partial charge is 0.303 e. The van der Waals surface area contributed by atoms with Crippen molar-refractivity contribution in [1.29, 1.82) is 0 Å². The highest BCUT2D eigenvalue weighted by Crippen LogP contribution is 2.33. The molecule has 1 aromatic carbocycles. The standard InChI is InChI=1S/C13H14O3/c1-16-11-6-4-9-2-3-10(12(9)8-11)5-7-13(14)15/h3-4,6,8H,2,5,7H2,1H3,(H,14,15). The predicted octanol–water partition coefficient (Wildman–Crippen LogP) is 2.50. The molecule has 0 heterocycles. The quantitative estimate of drug-likeness (QED) is 0.844. The van der Waals surface area contributed by atoms with Crippen LogP contribution in [0.1, 0.15) is 24.0 Å². The third kappa shape index (κ3) is 2.08. The Morgan fingerprint density at radius 3 is 3.00 bits per heavy atom. The number of rotatable bonds is 4. The Morgan fingerprint density at radius 2 is 2.31 bits per heavy atom. The number of carbonyl (C=O) groups is 1. The number of fused-ring (bicyclic) bond motifs is 1. The number of aliphatic carboxylic acids is 1. The lowest BCUT2D eigenvalue weighted by molar-refractivity contribution is -0.136. The molecule has 84 valence electrons. The summed E-state index contributed by atoms with van der Waals surface area (Å²) in [7, 11) is 1.64. The van der Waals surface area contributed by atoms with E-state index in [1.165, 1.54) is 5.56 Å². The third-order valence-electron chi connectivity index (χ3n) is 2.84. The fraction of sp³-hybridized carbons (Fsp3) is 0.308. The van der Waals surface area contributed by atoms with Crippen molar-refractivity contribution in [1.82, 2.24) is 0 Å². The molecule has 0 amide bonds. The highest BCUT2D eigenvalue weighted by molar-refractivity contribution is 5.77. The number of benzene rings is 1. The molecule has 1 N–H and O–H groups in total. The van der Waals surface area contributed by atoms with Crippen molar-refractivity contribution in [2.24, 2.45) is 0 Å². The molecule has 3 heteroatoms. The molecule has 0 aromatic heterocycles. The van der Waals surface area contributed by atoms with Gasteiger partial charge < -0.3 is 9.84 Å². The molecular weight excluding hydrogens is 204 g/mol. The van der Waals surface area contributed by atoms with E-state index in [0.29, 0.717) is 6.42 Å². The van der Waals surface area contributed by atoms with Crippen LogP contribution in [0.25, 0.3) is 5.57 Å². The first-order chi connectivity index (χ1) is 7.70. The van der Waals surface area contributed by atoms with Crippen LogP contribution < -0.4 is 4.74 Å². The summed E-state index contributed by atoms with van der Waals surface area (Å²) in [5.41, 5.74) is 3.51. The number of methoxy groups -OCH3 is 1. The van der Waals surface area contributed by atoms with E-state index < -0.39 is 5.97 Å². The zero-order chi connectivity index (χ0) is 11.5. The molecule has 1 aromatic rings. The maximum atomic E-state index is 10.5. The molecule has 0 aliphatic heterocycles. The number of carboxylic acids is 1. The fourth-order valence-corrected chi connectivity index (χ4v) is 1.98. The molecular formula is C13H14O3. The zero-order valence-electron chi connectivity index (χ0n) is 9.19. The zero-order valence-corrected chi connectivity index (χ0v) is 9.19. The van der Waals surface area contributed by atoms with Gasteiger partial charge in [0.05, 0.1) is 7.11 Å². The molecule has 0 unspecified atom stereocenters. The summed E-state index contributed by atoms with van der Waals surface area (Å²) >= 11 is 0. The van der Waals surface area contributed by atoms with Crippen molar-refractivity contribution < 1.29 is 14.6 Å². The first-order valence-corrected chi connectivity index (χ1v) is 5.29. The number of ether oxygens (including phenoxy) is 1. The molecule has 0 saturated heterocycles. The van der Waals surface area contributed by atoms with Crippen LogP contribution in [0.15, 0.2) is 24.3 Å². The minimum atomic E-state index is -0.753. The summed E-state index contributed by atoms with van der Waals surface area (Å²) in [6, 6.07) is 5.96. The van der Waals surface area contributed by atoms with Crippen LogP contribution in [-0.2, 0) is 11.2 Å². The van der Waals surface area contributed by atoms with E-state index in [4.69, 9.17) is 9.84 Å². The molecule has 0 fully saturated rings. The van der Waals surface area contributed by atoms with E-state index in [1.54, 1.807) is 7.11 Å². The van der Waals surface area contributed by atoms with Crippen LogP contribution in [0.3, 0.4) is 0 Å². The van der Waals surface area contributed by atoms with Gasteiger partial charge in [0.1, 0.15) is 5.75 Å². The van der Waals surface area contributed by atoms with Crippen molar-refractivity contribution >= 4 is 11.5 Å². The Kier molecular flexibility index (Phi) is 2.95. The van der Waals surface area contributed by atoms with Gasteiger partial charge in [-0.25, -0.2) is 0 Å². The van der Waals surface area contributed by atoms with Crippen LogP contribution in [-0.4, -0.2) is 18.2 Å². The Hall–Kier alpha value is -1.77. The van der Waals surface area contributed by atoms with Gasteiger partial charge in [-0.05, 0) is 41.7 Å². The van der Waals surface area contributed by atoms with Gasteiger partial charge in [-0.2, -0.15) is 0 Å². The van der Waals surface area contributed by atoms with E-state index in [1.807, 2.05) is 18.2 Å². The van der Waals surface area contributed by atoms with Gasteiger partial charge in [-0.3, -0.25) is 4.79 Å². The van der Waals surface area contributed by atoms with Crippen molar-refractivity contribution in [3.8, 4) is 5.75 Å². The van der Waals surface area contributed by atoms with Crippen molar-refractivity contribution in [2.75, 3.05) is 7.11 Å². The second kappa shape index (κ2) is 4.39. The molecule has 0 atom stereocenters. The summed E-state index contributed by atoms with van der Waals surface area (Å²) in [6.07, 6.45) is 3.78. The highest BCUT2D eigenvalue weighted by atomic mass is 16.5. The van der Waals surface area contributed by atoms with Gasteiger partial charge in [0.25, 0.3) is 0 Å². The first-order valence-electron chi connectivity index (χ1n) is 5.29. The Bertz CT molecular complexity index is 446. The van der Waals surface area contributed by atoms with Crippen LogP contribution >= 0.6 is 0 Å². The van der Waals surface area contributed by atoms with Gasteiger partial charge in [0, 0.05) is 6.42 Å². The molecule has 1 aliphatic carbocycles. The van der Waals surface area contributed by atoms with Gasteiger partial charge in [-0.1, -0.05) is 12.1 Å². The van der Waals surface area contributed by atoms with Gasteiger partial charge >= 0.3 is 5.97 Å². The lowest BCUT2D eigenvalue weighted by atomic mass is 10.0. The fourth-order valence-electron chi connectivity index (χ4n) is 1.98. The number of allylic oxidation sites excluding steroid dienone is 2. The second-order valence-corrected chi connectivity index (χ2v) is 3.85. The Balaban J connectivity index is 2.19. The number of carboxylic acid groups (broad SMARTS) is 1. The van der Waals surface area contributed by atoms with E-state index in [9.17, 15) is 4.79 Å². The van der Waals surface area contributed by atoms with Gasteiger partial charge in [-0.15, -0.1) is 0 Å². The van der Waals surface area contributed by atoms with Crippen LogP contribution in [0.4, 0.5) is 0 Å². The van der Waals surface area contributed by atoms with E-state index >= 15 is 0 Å². The highest BCUT2D eigenvalue weighted by Gasteiger charge is 2.15. The lowest BCUT2D eigenvalue weighted by Gasteiger charge is -2.07. The van der Waals surface area contributed by atoms with Crippen molar-refractivity contribution in [3.63, 3.8) is 0 Å². The largest absolute Gasteiger partial charge is 0.497 e. The molecule has 3 nitrogen and oxygen atoms in total. The average molecular weight is 218 g/mol. The molecule has 0 spiro atoms. The van der Waals surface area contributed by atoms with Crippen molar-refractivity contribution in [3.05, 3.63) is 35.4 Å². The minimum absolute atomic E-state index is 0.183. The van der Waals surface area contributed by atoms with Gasteiger partial charge in [0.2, 0.25) is 0 Å². The molecule has 16 heavy (non-hydrogen) atoms. The summed E-state index contributed by atoms with van der Waals surface area (Å²) in [5, 5.41) is 8.67. The van der Waals surface area contributed by atoms with E-state index in [0.717, 1.165) is 23.3 Å². The van der Waals surface area contributed by atoms with Crippen LogP contribution in [0.5, 0.6) is 5.75 Å². The monoisotopic (exact) mass is 218 g/mol. The van der Waals surface area contributed by atoms with Crippen molar-refractivity contribution in [2.45, 2.75) is 19.3 Å². The number of hydrogen-bond acceptors (Lipinski definition) is 2. The van der Waals surface area contributed by atoms with Crippen LogP contribution in [0, 0.1) is 0 Å². The molecule has 0 saturated carbocycles. The summed E-state index contributed by atoms with van der Waals surface area (Å²) in [4.78, 5) is 10.5. The maximum Gasteiger partial charge on any atom is 0.303 e. The average Bonchev–Trinajstić information content (AvgIpc) is 2.68. The summed E-state index contributed by atoms with van der Waals surface area (Å²) < 4.78 is 5.17. The molecule has 1 aliphatic rings.